The molecule has 0 amide bonds. The van der Waals surface area contributed by atoms with Gasteiger partial charge >= 0.3 is 0 Å². The van der Waals surface area contributed by atoms with Crippen LogP contribution in [-0.4, -0.2) is 79.9 Å². The molecule has 14 heteroatoms. The predicted molar refractivity (Wildman–Crippen MR) is 161 cm³/mol. The summed E-state index contributed by atoms with van der Waals surface area (Å²) in [5, 5.41) is 22.6. The molecule has 2 aromatic carbocycles. The van der Waals surface area contributed by atoms with Gasteiger partial charge in [0.2, 0.25) is 0 Å². The molecule has 3 heterocycles. The standard InChI is InChI=1S/C28H32F2N6O4S.CH4O/c1-36-8-7-28(29,30)18(14-36)16-9-23(38-3)26(24(10-16)39-4)41-35-27-17-11-22(37-2)20(12-21(17)40-34-27)31-25-13-19(32-33-25)15-5-6-15;1-2/h9-13,15,18H,5-8,14H2,1-4H3,(H,34,35)(H2,31,32,33);2H,1H3. The Labute approximate surface area is 252 Å². The van der Waals surface area contributed by atoms with E-state index in [2.05, 4.69) is 25.4 Å². The Kier molecular flexibility index (Phi) is 9.18. The van der Waals surface area contributed by atoms with Gasteiger partial charge in [-0.15, -0.1) is 0 Å². The molecule has 1 unspecified atom stereocenters. The van der Waals surface area contributed by atoms with Crippen LogP contribution in [0.2, 0.25) is 0 Å². The van der Waals surface area contributed by atoms with E-state index in [4.69, 9.17) is 23.8 Å². The number of rotatable bonds is 10. The highest BCUT2D eigenvalue weighted by Crippen LogP contribution is 2.47. The fourth-order valence-electron chi connectivity index (χ4n) is 5.15. The van der Waals surface area contributed by atoms with Crippen molar-refractivity contribution in [1.82, 2.24) is 20.3 Å². The van der Waals surface area contributed by atoms with Gasteiger partial charge in [-0.3, -0.25) is 5.10 Å². The number of hydrogen-bond donors (Lipinski definition) is 4. The molecular weight excluding hydrogens is 582 g/mol. The number of fused-ring (bicyclic) bond motifs is 1. The summed E-state index contributed by atoms with van der Waals surface area (Å²) in [6.45, 7) is 0.601. The number of aromatic amines is 1. The fraction of sp³-hybridized carbons (Fsp3) is 0.448. The molecule has 0 radical (unpaired) electrons. The number of halogens is 2. The topological polar surface area (TPSA) is 130 Å². The normalized spacial score (nSPS) is 18.1. The number of nitrogens with zero attached hydrogens (tertiary/aromatic N) is 3. The molecule has 11 nitrogen and oxygen atoms in total. The fourth-order valence-corrected chi connectivity index (χ4v) is 5.98. The van der Waals surface area contributed by atoms with Crippen LogP contribution >= 0.6 is 11.9 Å². The average Bonchev–Trinajstić information content (AvgIpc) is 3.64. The number of aliphatic hydroxyl groups is 1. The zero-order valence-electron chi connectivity index (χ0n) is 24.7. The molecule has 2 aliphatic rings. The molecule has 0 spiro atoms. The number of aliphatic hydroxyl groups excluding tert-OH is 1. The summed E-state index contributed by atoms with van der Waals surface area (Å²) in [5.74, 6) is -0.651. The molecule has 2 aromatic heterocycles. The Morgan fingerprint density at radius 3 is 2.40 bits per heavy atom. The van der Waals surface area contributed by atoms with Crippen molar-refractivity contribution in [1.29, 1.82) is 0 Å². The van der Waals surface area contributed by atoms with Crippen LogP contribution in [-0.2, 0) is 0 Å². The van der Waals surface area contributed by atoms with E-state index >= 15 is 0 Å². The summed E-state index contributed by atoms with van der Waals surface area (Å²) in [6.07, 6.45) is 2.16. The molecular formula is C29H36F2N6O5S. The highest BCUT2D eigenvalue weighted by Gasteiger charge is 2.44. The number of piperidine rings is 1. The number of H-pyrrole nitrogens is 1. The molecule has 6 rings (SSSR count). The number of aromatic nitrogens is 3. The van der Waals surface area contributed by atoms with Crippen molar-refractivity contribution in [3.05, 3.63) is 41.6 Å². The van der Waals surface area contributed by atoms with Crippen molar-refractivity contribution in [2.45, 2.75) is 41.9 Å². The third-order valence-electron chi connectivity index (χ3n) is 7.64. The number of anilines is 3. The molecule has 0 bridgehead atoms. The van der Waals surface area contributed by atoms with Crippen molar-refractivity contribution in [3.63, 3.8) is 0 Å². The molecule has 4 N–H and O–H groups in total. The van der Waals surface area contributed by atoms with Crippen molar-refractivity contribution in [2.24, 2.45) is 0 Å². The van der Waals surface area contributed by atoms with Crippen LogP contribution in [0.4, 0.5) is 26.1 Å². The van der Waals surface area contributed by atoms with Crippen molar-refractivity contribution >= 4 is 40.2 Å². The predicted octanol–water partition coefficient (Wildman–Crippen LogP) is 5.98. The van der Waals surface area contributed by atoms with E-state index in [1.165, 1.54) is 39.0 Å². The van der Waals surface area contributed by atoms with Gasteiger partial charge in [0, 0.05) is 50.4 Å². The zero-order chi connectivity index (χ0) is 30.7. The monoisotopic (exact) mass is 618 g/mol. The SMILES string of the molecule is CO.COc1cc2c(NSc3c(OC)cc(C4CN(C)CCC4(F)F)cc3OC)noc2cc1Nc1cc(C2CC2)[nH]n1. The third kappa shape index (κ3) is 6.45. The van der Waals surface area contributed by atoms with Crippen molar-refractivity contribution in [2.75, 3.05) is 58.6 Å². The number of likely N-dealkylation sites (N-methyl/N-ethyl adjacent to an activating group) is 1. The summed E-state index contributed by atoms with van der Waals surface area (Å²) < 4.78 is 55.4. The van der Waals surface area contributed by atoms with Gasteiger partial charge < -0.3 is 38.8 Å². The number of likely N-dealkylation sites (tertiary alicyclic amines) is 1. The maximum Gasteiger partial charge on any atom is 0.257 e. The van der Waals surface area contributed by atoms with Crippen LogP contribution in [0.25, 0.3) is 11.0 Å². The Hall–Kier alpha value is -3.75. The van der Waals surface area contributed by atoms with Gasteiger partial charge in [0.25, 0.3) is 5.92 Å². The lowest BCUT2D eigenvalue weighted by molar-refractivity contribution is -0.0713. The minimum Gasteiger partial charge on any atom is -0.495 e. The van der Waals surface area contributed by atoms with Crippen LogP contribution in [0.15, 0.2) is 39.8 Å². The summed E-state index contributed by atoms with van der Waals surface area (Å²) >= 11 is 1.19. The summed E-state index contributed by atoms with van der Waals surface area (Å²) in [6, 6.07) is 8.96. The van der Waals surface area contributed by atoms with Gasteiger partial charge in [-0.1, -0.05) is 5.16 Å². The first kappa shape index (κ1) is 30.7. The third-order valence-corrected chi connectivity index (χ3v) is 8.54. The maximum atomic E-state index is 14.9. The minimum atomic E-state index is -2.82. The van der Waals surface area contributed by atoms with Gasteiger partial charge in [0.05, 0.1) is 38.3 Å². The molecule has 1 aliphatic carbocycles. The molecule has 1 saturated heterocycles. The second-order valence-electron chi connectivity index (χ2n) is 10.5. The number of benzene rings is 2. The lowest BCUT2D eigenvalue weighted by atomic mass is 9.87. The number of methoxy groups -OCH3 is 3. The van der Waals surface area contributed by atoms with Crippen molar-refractivity contribution in [3.8, 4) is 17.2 Å². The molecule has 1 atom stereocenters. The van der Waals surface area contributed by atoms with E-state index in [1.807, 2.05) is 24.1 Å². The van der Waals surface area contributed by atoms with E-state index in [9.17, 15) is 8.78 Å². The van der Waals surface area contributed by atoms with Crippen LogP contribution in [0.1, 0.15) is 42.4 Å². The van der Waals surface area contributed by atoms with Crippen molar-refractivity contribution < 1.29 is 32.6 Å². The second kappa shape index (κ2) is 12.9. The number of nitrogens with one attached hydrogen (secondary N) is 3. The number of alkyl halides is 2. The van der Waals surface area contributed by atoms with Crippen LogP contribution in [0.3, 0.4) is 0 Å². The first-order valence-corrected chi connectivity index (χ1v) is 14.6. The first-order valence-electron chi connectivity index (χ1n) is 13.8. The molecule has 1 saturated carbocycles. The van der Waals surface area contributed by atoms with E-state index in [0.717, 1.165) is 12.8 Å². The summed E-state index contributed by atoms with van der Waals surface area (Å²) in [5.41, 5.74) is 2.81. The Morgan fingerprint density at radius 2 is 1.74 bits per heavy atom. The summed E-state index contributed by atoms with van der Waals surface area (Å²) in [7, 11) is 7.45. The molecule has 4 aromatic rings. The van der Waals surface area contributed by atoms with Gasteiger partial charge in [-0.2, -0.15) is 5.10 Å². The van der Waals surface area contributed by atoms with Gasteiger partial charge in [-0.25, -0.2) is 8.78 Å². The molecule has 1 aliphatic heterocycles. The quantitative estimate of drug-likeness (QED) is 0.157. The first-order chi connectivity index (χ1) is 20.8. The van der Waals surface area contributed by atoms with Crippen LogP contribution in [0.5, 0.6) is 17.2 Å². The Morgan fingerprint density at radius 1 is 1.05 bits per heavy atom. The lowest BCUT2D eigenvalue weighted by Crippen LogP contribution is -2.43. The second-order valence-corrected chi connectivity index (χ2v) is 11.3. The van der Waals surface area contributed by atoms with E-state index in [1.54, 1.807) is 25.3 Å². The maximum absolute atomic E-state index is 14.9. The van der Waals surface area contributed by atoms with Gasteiger partial charge in [-0.05, 0) is 55.6 Å². The van der Waals surface area contributed by atoms with E-state index in [-0.39, 0.29) is 13.0 Å². The molecule has 2 fully saturated rings. The minimum absolute atomic E-state index is 0.194. The lowest BCUT2D eigenvalue weighted by Gasteiger charge is -2.37. The average molecular weight is 619 g/mol. The zero-order valence-corrected chi connectivity index (χ0v) is 25.5. The molecule has 232 valence electrons. The van der Waals surface area contributed by atoms with E-state index in [0.29, 0.717) is 68.5 Å². The Balaban J connectivity index is 0.00000180. The number of hydrogen-bond acceptors (Lipinski definition) is 11. The largest absolute Gasteiger partial charge is 0.495 e. The smallest absolute Gasteiger partial charge is 0.257 e. The molecule has 43 heavy (non-hydrogen) atoms. The van der Waals surface area contributed by atoms with Crippen LogP contribution in [0, 0.1) is 0 Å². The summed E-state index contributed by atoms with van der Waals surface area (Å²) in [4.78, 5) is 2.51. The highest BCUT2D eigenvalue weighted by molar-refractivity contribution is 8.00. The van der Waals surface area contributed by atoms with E-state index < -0.39 is 11.8 Å². The Bertz CT molecular complexity index is 1530. The van der Waals surface area contributed by atoms with Gasteiger partial charge in [0.1, 0.15) is 22.1 Å². The van der Waals surface area contributed by atoms with Crippen LogP contribution < -0.4 is 24.2 Å². The number of ether oxygens (including phenoxy) is 3. The highest BCUT2D eigenvalue weighted by atomic mass is 32.2. The van der Waals surface area contributed by atoms with Gasteiger partial charge in [0.15, 0.2) is 17.2 Å².